The van der Waals surface area contributed by atoms with Gasteiger partial charge in [0.1, 0.15) is 0 Å². The first kappa shape index (κ1) is 8.35. The molecule has 0 amide bonds. The van der Waals surface area contributed by atoms with Crippen molar-refractivity contribution in [2.24, 2.45) is 0 Å². The summed E-state index contributed by atoms with van der Waals surface area (Å²) in [5.74, 6) is 0.228. The molecule has 13 heavy (non-hydrogen) atoms. The fraction of sp³-hybridized carbons (Fsp3) is 0.500. The van der Waals surface area contributed by atoms with Gasteiger partial charge in [-0.3, -0.25) is 4.79 Å². The van der Waals surface area contributed by atoms with Crippen LogP contribution in [0.3, 0.4) is 0 Å². The van der Waals surface area contributed by atoms with Gasteiger partial charge in [0, 0.05) is 12.0 Å². The van der Waals surface area contributed by atoms with Gasteiger partial charge in [0.25, 0.3) is 0 Å². The molecular weight excluding hydrogens is 164 g/mol. The van der Waals surface area contributed by atoms with E-state index in [0.717, 1.165) is 36.1 Å². The van der Waals surface area contributed by atoms with Crippen LogP contribution < -0.4 is 0 Å². The fourth-order valence-corrected chi connectivity index (χ4v) is 1.81. The van der Waals surface area contributed by atoms with Crippen LogP contribution in [0.2, 0.25) is 0 Å². The van der Waals surface area contributed by atoms with Crippen molar-refractivity contribution in [3.63, 3.8) is 0 Å². The molecule has 1 aliphatic rings. The first-order valence-electron chi connectivity index (χ1n) is 4.69. The topological polar surface area (TPSA) is 42.9 Å². The zero-order chi connectivity index (χ0) is 9.26. The van der Waals surface area contributed by atoms with Crippen molar-refractivity contribution in [1.29, 1.82) is 0 Å². The quantitative estimate of drug-likeness (QED) is 0.652. The van der Waals surface area contributed by atoms with E-state index < -0.39 is 0 Å². The number of carbonyl (C=O) groups is 1. The standard InChI is InChI=1S/C10H12N2O/c1-2-9-7-4-3-5-10(13)8(7)6-11-12-9/h6H,2-5H2,1H3. The number of hydrogen-bond acceptors (Lipinski definition) is 3. The largest absolute Gasteiger partial charge is 0.294 e. The molecule has 0 unspecified atom stereocenters. The van der Waals surface area contributed by atoms with E-state index in [4.69, 9.17) is 0 Å². The zero-order valence-corrected chi connectivity index (χ0v) is 7.71. The SMILES string of the molecule is CCc1nncc2c1CCCC2=O. The zero-order valence-electron chi connectivity index (χ0n) is 7.71. The van der Waals surface area contributed by atoms with E-state index in [1.54, 1.807) is 6.20 Å². The molecule has 3 heteroatoms. The van der Waals surface area contributed by atoms with Gasteiger partial charge in [-0.1, -0.05) is 6.92 Å². The number of aryl methyl sites for hydroxylation is 1. The lowest BCUT2D eigenvalue weighted by Gasteiger charge is -2.15. The average molecular weight is 176 g/mol. The van der Waals surface area contributed by atoms with Crippen LogP contribution in [-0.2, 0) is 12.8 Å². The molecule has 0 aliphatic heterocycles. The van der Waals surface area contributed by atoms with Crippen molar-refractivity contribution >= 4 is 5.78 Å². The molecule has 3 nitrogen and oxygen atoms in total. The summed E-state index contributed by atoms with van der Waals surface area (Å²) in [6.45, 7) is 2.05. The second-order valence-corrected chi connectivity index (χ2v) is 3.31. The Morgan fingerprint density at radius 2 is 2.31 bits per heavy atom. The van der Waals surface area contributed by atoms with Crippen molar-refractivity contribution in [1.82, 2.24) is 10.2 Å². The predicted molar refractivity (Wildman–Crippen MR) is 48.7 cm³/mol. The number of rotatable bonds is 1. The highest BCUT2D eigenvalue weighted by Crippen LogP contribution is 2.22. The van der Waals surface area contributed by atoms with Gasteiger partial charge >= 0.3 is 0 Å². The third-order valence-electron chi connectivity index (χ3n) is 2.50. The lowest BCUT2D eigenvalue weighted by molar-refractivity contribution is 0.0971. The summed E-state index contributed by atoms with van der Waals surface area (Å²) in [5.41, 5.74) is 2.93. The summed E-state index contributed by atoms with van der Waals surface area (Å²) in [6, 6.07) is 0. The summed E-state index contributed by atoms with van der Waals surface area (Å²) in [7, 11) is 0. The van der Waals surface area contributed by atoms with Crippen LogP contribution in [0.4, 0.5) is 0 Å². The molecule has 1 aromatic rings. The van der Waals surface area contributed by atoms with Gasteiger partial charge in [0.05, 0.1) is 11.9 Å². The van der Waals surface area contributed by atoms with Crippen LogP contribution in [0.5, 0.6) is 0 Å². The van der Waals surface area contributed by atoms with E-state index in [0.29, 0.717) is 6.42 Å². The van der Waals surface area contributed by atoms with E-state index in [1.807, 2.05) is 6.92 Å². The van der Waals surface area contributed by atoms with Gasteiger partial charge in [0.15, 0.2) is 5.78 Å². The second-order valence-electron chi connectivity index (χ2n) is 3.31. The molecule has 1 aromatic heterocycles. The normalized spacial score (nSPS) is 15.6. The Labute approximate surface area is 77.2 Å². The summed E-state index contributed by atoms with van der Waals surface area (Å²) in [5, 5.41) is 7.89. The van der Waals surface area contributed by atoms with Crippen LogP contribution >= 0.6 is 0 Å². The number of Topliss-reactive ketones (excluding diaryl/α,β-unsaturated/α-hetero) is 1. The Morgan fingerprint density at radius 1 is 1.46 bits per heavy atom. The molecule has 0 N–H and O–H groups in total. The van der Waals surface area contributed by atoms with E-state index in [9.17, 15) is 4.79 Å². The summed E-state index contributed by atoms with van der Waals surface area (Å²) >= 11 is 0. The molecule has 1 heterocycles. The van der Waals surface area contributed by atoms with Crippen molar-refractivity contribution in [2.45, 2.75) is 32.6 Å². The summed E-state index contributed by atoms with van der Waals surface area (Å²) < 4.78 is 0. The maximum Gasteiger partial charge on any atom is 0.164 e. The molecule has 0 fully saturated rings. The monoisotopic (exact) mass is 176 g/mol. The fourth-order valence-electron chi connectivity index (χ4n) is 1.81. The number of fused-ring (bicyclic) bond motifs is 1. The van der Waals surface area contributed by atoms with E-state index >= 15 is 0 Å². The van der Waals surface area contributed by atoms with E-state index in [-0.39, 0.29) is 5.78 Å². The van der Waals surface area contributed by atoms with Gasteiger partial charge < -0.3 is 0 Å². The molecule has 0 saturated carbocycles. The molecule has 1 aliphatic carbocycles. The van der Waals surface area contributed by atoms with Gasteiger partial charge in [-0.25, -0.2) is 0 Å². The minimum atomic E-state index is 0.228. The summed E-state index contributed by atoms with van der Waals surface area (Å²) in [4.78, 5) is 11.5. The molecule has 0 bridgehead atoms. The Bertz CT molecular complexity index is 347. The van der Waals surface area contributed by atoms with Crippen molar-refractivity contribution < 1.29 is 4.79 Å². The highest BCUT2D eigenvalue weighted by atomic mass is 16.1. The maximum atomic E-state index is 11.5. The average Bonchev–Trinajstić information content (AvgIpc) is 2.18. The molecule has 68 valence electrons. The minimum Gasteiger partial charge on any atom is -0.294 e. The number of carbonyl (C=O) groups excluding carboxylic acids is 1. The molecule has 0 radical (unpaired) electrons. The van der Waals surface area contributed by atoms with Gasteiger partial charge in [0.2, 0.25) is 0 Å². The molecule has 0 atom stereocenters. The van der Waals surface area contributed by atoms with Crippen LogP contribution in [-0.4, -0.2) is 16.0 Å². The molecule has 0 saturated heterocycles. The molecule has 0 spiro atoms. The maximum absolute atomic E-state index is 11.5. The van der Waals surface area contributed by atoms with Gasteiger partial charge in [-0.2, -0.15) is 10.2 Å². The Kier molecular flexibility index (Phi) is 2.08. The predicted octanol–water partition coefficient (Wildman–Crippen LogP) is 1.56. The van der Waals surface area contributed by atoms with Crippen molar-refractivity contribution in [2.75, 3.05) is 0 Å². The van der Waals surface area contributed by atoms with E-state index in [2.05, 4.69) is 10.2 Å². The van der Waals surface area contributed by atoms with Crippen LogP contribution in [0.1, 0.15) is 41.4 Å². The van der Waals surface area contributed by atoms with Crippen molar-refractivity contribution in [3.8, 4) is 0 Å². The Hall–Kier alpha value is -1.25. The van der Waals surface area contributed by atoms with Crippen LogP contribution in [0, 0.1) is 0 Å². The van der Waals surface area contributed by atoms with Crippen molar-refractivity contribution in [3.05, 3.63) is 23.0 Å². The first-order chi connectivity index (χ1) is 6.33. The summed E-state index contributed by atoms with van der Waals surface area (Å²) in [6.07, 6.45) is 5.09. The number of nitrogens with zero attached hydrogens (tertiary/aromatic N) is 2. The number of hydrogen-bond donors (Lipinski definition) is 0. The number of ketones is 1. The Balaban J connectivity index is 2.54. The van der Waals surface area contributed by atoms with E-state index in [1.165, 1.54) is 0 Å². The van der Waals surface area contributed by atoms with Gasteiger partial charge in [-0.15, -0.1) is 0 Å². The minimum absolute atomic E-state index is 0.228. The second kappa shape index (κ2) is 3.24. The van der Waals surface area contributed by atoms with Crippen LogP contribution in [0.25, 0.3) is 0 Å². The first-order valence-corrected chi connectivity index (χ1v) is 4.69. The van der Waals surface area contributed by atoms with Gasteiger partial charge in [-0.05, 0) is 24.8 Å². The third kappa shape index (κ3) is 1.34. The molecule has 0 aromatic carbocycles. The highest BCUT2D eigenvalue weighted by molar-refractivity contribution is 5.98. The smallest absolute Gasteiger partial charge is 0.164 e. The lowest BCUT2D eigenvalue weighted by Crippen LogP contribution is -2.14. The lowest BCUT2D eigenvalue weighted by atomic mass is 9.90. The molecule has 2 rings (SSSR count). The van der Waals surface area contributed by atoms with Crippen LogP contribution in [0.15, 0.2) is 6.20 Å². The molecular formula is C10H12N2O. The third-order valence-corrected chi connectivity index (χ3v) is 2.50. The Morgan fingerprint density at radius 3 is 3.08 bits per heavy atom. The highest BCUT2D eigenvalue weighted by Gasteiger charge is 2.19. The number of aromatic nitrogens is 2.